The molecule has 11 heavy (non-hydrogen) atoms. The summed E-state index contributed by atoms with van der Waals surface area (Å²) >= 11 is 3.26. The number of rotatable bonds is 1. The molecule has 1 aromatic rings. The molecule has 0 bridgehead atoms. The number of halogens is 1. The zero-order valence-electron chi connectivity index (χ0n) is 6.10. The van der Waals surface area contributed by atoms with E-state index in [1.54, 1.807) is 19.2 Å². The lowest BCUT2D eigenvalue weighted by Crippen LogP contribution is -1.96. The molecule has 0 aliphatic rings. The van der Waals surface area contributed by atoms with Crippen molar-refractivity contribution in [2.24, 2.45) is 0 Å². The monoisotopic (exact) mass is 216 g/mol. The van der Waals surface area contributed by atoms with Crippen LogP contribution in [0, 0.1) is 0 Å². The van der Waals surface area contributed by atoms with Crippen LogP contribution in [0.5, 0.6) is 5.75 Å². The lowest BCUT2D eigenvalue weighted by Gasteiger charge is -2.06. The van der Waals surface area contributed by atoms with Gasteiger partial charge in [0.15, 0.2) is 0 Å². The lowest BCUT2D eigenvalue weighted by atomic mass is 10.2. The maximum atomic E-state index is 5.61. The van der Waals surface area contributed by atoms with E-state index in [4.69, 9.17) is 16.2 Å². The van der Waals surface area contributed by atoms with Crippen molar-refractivity contribution in [3.8, 4) is 5.75 Å². The number of anilines is 2. The number of hydrogen-bond donors (Lipinski definition) is 2. The molecule has 0 atom stereocenters. The van der Waals surface area contributed by atoms with Gasteiger partial charge in [0.25, 0.3) is 0 Å². The van der Waals surface area contributed by atoms with E-state index in [0.717, 1.165) is 0 Å². The Morgan fingerprint density at radius 1 is 1.36 bits per heavy atom. The van der Waals surface area contributed by atoms with Gasteiger partial charge in [0, 0.05) is 0 Å². The zero-order valence-corrected chi connectivity index (χ0v) is 7.68. The molecular weight excluding hydrogens is 208 g/mol. The maximum absolute atomic E-state index is 5.61. The fourth-order valence-electron chi connectivity index (χ4n) is 0.746. The van der Waals surface area contributed by atoms with Crippen LogP contribution in [0.15, 0.2) is 16.6 Å². The predicted molar refractivity (Wildman–Crippen MR) is 49.5 cm³/mol. The number of benzene rings is 1. The van der Waals surface area contributed by atoms with Gasteiger partial charge in [-0.15, -0.1) is 0 Å². The Morgan fingerprint density at radius 2 is 2.00 bits per heavy atom. The summed E-state index contributed by atoms with van der Waals surface area (Å²) in [6.07, 6.45) is 0. The van der Waals surface area contributed by atoms with Crippen LogP contribution in [0.3, 0.4) is 0 Å². The fourth-order valence-corrected chi connectivity index (χ4v) is 1.27. The van der Waals surface area contributed by atoms with Crippen LogP contribution in [0.1, 0.15) is 0 Å². The highest BCUT2D eigenvalue weighted by Crippen LogP contribution is 2.34. The largest absolute Gasteiger partial charge is 0.495 e. The molecule has 0 fully saturated rings. The number of nitrogen functional groups attached to an aromatic ring is 2. The summed E-state index contributed by atoms with van der Waals surface area (Å²) < 4.78 is 5.71. The molecule has 0 aliphatic carbocycles. The normalized spacial score (nSPS) is 9.64. The van der Waals surface area contributed by atoms with Gasteiger partial charge in [-0.2, -0.15) is 0 Å². The second-order valence-corrected chi connectivity index (χ2v) is 2.88. The summed E-state index contributed by atoms with van der Waals surface area (Å²) in [5, 5.41) is 0. The molecule has 0 heterocycles. The summed E-state index contributed by atoms with van der Waals surface area (Å²) in [7, 11) is 1.58. The van der Waals surface area contributed by atoms with Gasteiger partial charge < -0.3 is 16.2 Å². The summed E-state index contributed by atoms with van der Waals surface area (Å²) in [6, 6.07) is 3.47. The van der Waals surface area contributed by atoms with E-state index < -0.39 is 0 Å². The molecule has 0 amide bonds. The Kier molecular flexibility index (Phi) is 2.24. The third-order valence-electron chi connectivity index (χ3n) is 1.40. The topological polar surface area (TPSA) is 61.3 Å². The Morgan fingerprint density at radius 3 is 2.55 bits per heavy atom. The third-order valence-corrected chi connectivity index (χ3v) is 2.22. The molecule has 1 rings (SSSR count). The van der Waals surface area contributed by atoms with E-state index in [1.165, 1.54) is 0 Å². The van der Waals surface area contributed by atoms with Crippen molar-refractivity contribution in [1.82, 2.24) is 0 Å². The lowest BCUT2D eigenvalue weighted by molar-refractivity contribution is 0.412. The van der Waals surface area contributed by atoms with Crippen molar-refractivity contribution >= 4 is 27.3 Å². The van der Waals surface area contributed by atoms with Crippen molar-refractivity contribution in [2.75, 3.05) is 18.6 Å². The smallest absolute Gasteiger partial charge is 0.135 e. The standard InChI is InChI=1S/C7H9BrN2O/c1-11-5-3-2-4(9)7(10)6(5)8/h2-3H,9-10H2,1H3. The van der Waals surface area contributed by atoms with E-state index in [0.29, 0.717) is 21.6 Å². The minimum Gasteiger partial charge on any atom is -0.495 e. The van der Waals surface area contributed by atoms with Crippen LogP contribution in [-0.4, -0.2) is 7.11 Å². The van der Waals surface area contributed by atoms with Crippen LogP contribution in [0.25, 0.3) is 0 Å². The molecule has 0 unspecified atom stereocenters. The molecule has 3 nitrogen and oxygen atoms in total. The second-order valence-electron chi connectivity index (χ2n) is 2.08. The first-order valence-corrected chi connectivity index (χ1v) is 3.83. The van der Waals surface area contributed by atoms with Crippen molar-refractivity contribution < 1.29 is 4.74 Å². The van der Waals surface area contributed by atoms with E-state index >= 15 is 0 Å². The highest BCUT2D eigenvalue weighted by molar-refractivity contribution is 9.10. The van der Waals surface area contributed by atoms with Gasteiger partial charge in [-0.3, -0.25) is 0 Å². The minimum absolute atomic E-state index is 0.518. The molecule has 4 N–H and O–H groups in total. The first-order valence-electron chi connectivity index (χ1n) is 3.04. The number of hydrogen-bond acceptors (Lipinski definition) is 3. The Bertz CT molecular complexity index is 275. The molecule has 0 saturated heterocycles. The molecular formula is C7H9BrN2O. The number of ether oxygens (including phenoxy) is 1. The summed E-state index contributed by atoms with van der Waals surface area (Å²) in [5.74, 6) is 0.691. The first-order chi connectivity index (χ1) is 5.16. The van der Waals surface area contributed by atoms with Gasteiger partial charge in [0.05, 0.1) is 23.0 Å². The van der Waals surface area contributed by atoms with E-state index in [-0.39, 0.29) is 0 Å². The molecule has 0 spiro atoms. The second kappa shape index (κ2) is 3.00. The van der Waals surface area contributed by atoms with Gasteiger partial charge in [-0.25, -0.2) is 0 Å². The van der Waals surface area contributed by atoms with E-state index in [1.807, 2.05) is 0 Å². The van der Waals surface area contributed by atoms with Crippen molar-refractivity contribution in [3.63, 3.8) is 0 Å². The van der Waals surface area contributed by atoms with Gasteiger partial charge in [-0.1, -0.05) is 0 Å². The molecule has 60 valence electrons. The van der Waals surface area contributed by atoms with Crippen LogP contribution in [0.4, 0.5) is 11.4 Å². The van der Waals surface area contributed by atoms with Gasteiger partial charge in [0.1, 0.15) is 5.75 Å². The highest BCUT2D eigenvalue weighted by Gasteiger charge is 2.05. The first kappa shape index (κ1) is 8.20. The quantitative estimate of drug-likeness (QED) is 0.702. The van der Waals surface area contributed by atoms with E-state index in [2.05, 4.69) is 15.9 Å². The van der Waals surface area contributed by atoms with Crippen LogP contribution in [0.2, 0.25) is 0 Å². The summed E-state index contributed by atoms with van der Waals surface area (Å²) in [6.45, 7) is 0. The molecule has 0 aromatic heterocycles. The summed E-state index contributed by atoms with van der Waals surface area (Å²) in [5.41, 5.74) is 12.2. The van der Waals surface area contributed by atoms with Crippen LogP contribution >= 0.6 is 15.9 Å². The van der Waals surface area contributed by atoms with Crippen LogP contribution in [-0.2, 0) is 0 Å². The van der Waals surface area contributed by atoms with Crippen LogP contribution < -0.4 is 16.2 Å². The third kappa shape index (κ3) is 1.40. The Hall–Kier alpha value is -0.900. The molecule has 0 aliphatic heterocycles. The predicted octanol–water partition coefficient (Wildman–Crippen LogP) is 1.62. The zero-order chi connectivity index (χ0) is 8.43. The molecule has 1 aromatic carbocycles. The average Bonchev–Trinajstić information content (AvgIpc) is 2.01. The number of methoxy groups -OCH3 is 1. The molecule has 0 radical (unpaired) electrons. The molecule has 4 heteroatoms. The molecule has 0 saturated carbocycles. The minimum atomic E-state index is 0.518. The van der Waals surface area contributed by atoms with E-state index in [9.17, 15) is 0 Å². The number of nitrogens with two attached hydrogens (primary N) is 2. The Labute approximate surface area is 73.5 Å². The van der Waals surface area contributed by atoms with Gasteiger partial charge in [-0.05, 0) is 28.1 Å². The maximum Gasteiger partial charge on any atom is 0.135 e. The Balaban J connectivity index is 3.25. The van der Waals surface area contributed by atoms with Gasteiger partial charge in [0.2, 0.25) is 0 Å². The summed E-state index contributed by atoms with van der Waals surface area (Å²) in [4.78, 5) is 0. The highest BCUT2D eigenvalue weighted by atomic mass is 79.9. The van der Waals surface area contributed by atoms with Crippen molar-refractivity contribution in [2.45, 2.75) is 0 Å². The van der Waals surface area contributed by atoms with Crippen molar-refractivity contribution in [1.29, 1.82) is 0 Å². The van der Waals surface area contributed by atoms with Crippen molar-refractivity contribution in [3.05, 3.63) is 16.6 Å². The fraction of sp³-hybridized carbons (Fsp3) is 0.143. The average molecular weight is 217 g/mol. The SMILES string of the molecule is COc1ccc(N)c(N)c1Br. The van der Waals surface area contributed by atoms with Gasteiger partial charge >= 0.3 is 0 Å².